The highest BCUT2D eigenvalue weighted by molar-refractivity contribution is 6.31. The van der Waals surface area contributed by atoms with E-state index in [2.05, 4.69) is 11.0 Å². The van der Waals surface area contributed by atoms with Crippen molar-refractivity contribution in [3.8, 4) is 0 Å². The van der Waals surface area contributed by atoms with Crippen LogP contribution in [0.4, 0.5) is 0 Å². The Labute approximate surface area is 160 Å². The van der Waals surface area contributed by atoms with Crippen LogP contribution >= 0.6 is 11.6 Å². The van der Waals surface area contributed by atoms with Crippen molar-refractivity contribution in [3.05, 3.63) is 34.9 Å². The van der Waals surface area contributed by atoms with Crippen LogP contribution in [0.5, 0.6) is 0 Å². The summed E-state index contributed by atoms with van der Waals surface area (Å²) in [6.07, 6.45) is 4.11. The Morgan fingerprint density at radius 1 is 1.27 bits per heavy atom. The lowest BCUT2D eigenvalue weighted by Crippen LogP contribution is -2.65. The van der Waals surface area contributed by atoms with Crippen molar-refractivity contribution in [1.29, 1.82) is 0 Å². The third-order valence-electron chi connectivity index (χ3n) is 5.72. The summed E-state index contributed by atoms with van der Waals surface area (Å²) in [6.45, 7) is 5.35. The van der Waals surface area contributed by atoms with Crippen molar-refractivity contribution in [2.45, 2.75) is 43.9 Å². The number of hydrogen-bond acceptors (Lipinski definition) is 4. The first kappa shape index (κ1) is 18.2. The summed E-state index contributed by atoms with van der Waals surface area (Å²) >= 11 is 6.26. The van der Waals surface area contributed by atoms with Crippen molar-refractivity contribution in [2.24, 2.45) is 0 Å². The molecule has 6 heteroatoms. The molecule has 1 amide bonds. The maximum Gasteiger partial charge on any atom is 0.248 e. The second-order valence-electron chi connectivity index (χ2n) is 7.78. The average molecular weight is 379 g/mol. The molecule has 1 atom stereocenters. The monoisotopic (exact) mass is 378 g/mol. The molecule has 3 aliphatic heterocycles. The van der Waals surface area contributed by atoms with Crippen LogP contribution in [0.1, 0.15) is 31.2 Å². The molecule has 3 fully saturated rings. The molecule has 1 aromatic carbocycles. The van der Waals surface area contributed by atoms with Gasteiger partial charge in [0.1, 0.15) is 6.61 Å². The number of carbonyl (C=O) groups is 1. The van der Waals surface area contributed by atoms with Gasteiger partial charge >= 0.3 is 0 Å². The molecule has 0 aliphatic carbocycles. The van der Waals surface area contributed by atoms with Gasteiger partial charge in [0.2, 0.25) is 5.91 Å². The molecule has 0 N–H and O–H groups in total. The summed E-state index contributed by atoms with van der Waals surface area (Å²) in [5.41, 5.74) is 1.05. The van der Waals surface area contributed by atoms with E-state index in [-0.39, 0.29) is 24.2 Å². The topological polar surface area (TPSA) is 42.0 Å². The first-order chi connectivity index (χ1) is 12.6. The van der Waals surface area contributed by atoms with Crippen LogP contribution in [0.2, 0.25) is 5.02 Å². The molecule has 1 spiro atoms. The second kappa shape index (κ2) is 7.85. The highest BCUT2D eigenvalue weighted by atomic mass is 35.5. The van der Waals surface area contributed by atoms with E-state index >= 15 is 0 Å². The van der Waals surface area contributed by atoms with Crippen LogP contribution < -0.4 is 0 Å². The van der Waals surface area contributed by atoms with Gasteiger partial charge < -0.3 is 14.4 Å². The van der Waals surface area contributed by atoms with Gasteiger partial charge in [0, 0.05) is 50.8 Å². The van der Waals surface area contributed by atoms with Gasteiger partial charge in [-0.15, -0.1) is 0 Å². The highest BCUT2D eigenvalue weighted by Crippen LogP contribution is 2.36. The molecule has 4 rings (SSSR count). The molecule has 0 aromatic heterocycles. The summed E-state index contributed by atoms with van der Waals surface area (Å²) in [5.74, 6) is 0.136. The summed E-state index contributed by atoms with van der Waals surface area (Å²) < 4.78 is 12.0. The molecule has 0 radical (unpaired) electrons. The molecule has 142 valence electrons. The van der Waals surface area contributed by atoms with Gasteiger partial charge in [-0.25, -0.2) is 0 Å². The maximum absolute atomic E-state index is 12.2. The van der Waals surface area contributed by atoms with Gasteiger partial charge in [0.25, 0.3) is 0 Å². The smallest absolute Gasteiger partial charge is 0.248 e. The molecule has 3 saturated heterocycles. The molecule has 5 nitrogen and oxygen atoms in total. The van der Waals surface area contributed by atoms with Crippen molar-refractivity contribution in [3.63, 3.8) is 0 Å². The summed E-state index contributed by atoms with van der Waals surface area (Å²) in [5, 5.41) is 0.819. The SMILES string of the molecule is O=C(CO[C@@H]1CCOC2(C1)CN(Cc1ccccc1Cl)C2)N1CCCC1. The second-order valence-corrected chi connectivity index (χ2v) is 8.19. The number of amides is 1. The molecule has 0 unspecified atom stereocenters. The van der Waals surface area contributed by atoms with Crippen LogP contribution in [0.15, 0.2) is 24.3 Å². The summed E-state index contributed by atoms with van der Waals surface area (Å²) in [7, 11) is 0. The number of benzene rings is 1. The van der Waals surface area contributed by atoms with Gasteiger partial charge in [-0.1, -0.05) is 29.8 Å². The van der Waals surface area contributed by atoms with E-state index in [0.717, 1.165) is 69.0 Å². The lowest BCUT2D eigenvalue weighted by Gasteiger charge is -2.53. The van der Waals surface area contributed by atoms with Crippen molar-refractivity contribution < 1.29 is 14.3 Å². The van der Waals surface area contributed by atoms with E-state index in [0.29, 0.717) is 6.61 Å². The van der Waals surface area contributed by atoms with Crippen LogP contribution in [0.3, 0.4) is 0 Å². The fourth-order valence-electron chi connectivity index (χ4n) is 4.34. The highest BCUT2D eigenvalue weighted by Gasteiger charge is 2.47. The molecule has 26 heavy (non-hydrogen) atoms. The summed E-state index contributed by atoms with van der Waals surface area (Å²) in [6, 6.07) is 7.99. The predicted octanol–water partition coefficient (Wildman–Crippen LogP) is 2.71. The van der Waals surface area contributed by atoms with Crippen molar-refractivity contribution in [1.82, 2.24) is 9.80 Å². The van der Waals surface area contributed by atoms with E-state index in [1.807, 2.05) is 23.1 Å². The van der Waals surface area contributed by atoms with E-state index in [4.69, 9.17) is 21.1 Å². The minimum Gasteiger partial charge on any atom is -0.372 e. The Kier molecular flexibility index (Phi) is 5.50. The lowest BCUT2D eigenvalue weighted by molar-refractivity contribution is -0.200. The number of nitrogens with zero attached hydrogens (tertiary/aromatic N) is 2. The zero-order valence-corrected chi connectivity index (χ0v) is 15.9. The minimum atomic E-state index is -0.110. The molecule has 0 bridgehead atoms. The molecule has 3 heterocycles. The van der Waals surface area contributed by atoms with Gasteiger partial charge in [-0.2, -0.15) is 0 Å². The molecule has 3 aliphatic rings. The average Bonchev–Trinajstić information content (AvgIpc) is 3.15. The Morgan fingerprint density at radius 3 is 2.81 bits per heavy atom. The molecule has 1 aromatic rings. The zero-order valence-electron chi connectivity index (χ0n) is 15.2. The van der Waals surface area contributed by atoms with Gasteiger partial charge in [0.15, 0.2) is 0 Å². The Morgan fingerprint density at radius 2 is 2.04 bits per heavy atom. The van der Waals surface area contributed by atoms with E-state index in [1.165, 1.54) is 0 Å². The van der Waals surface area contributed by atoms with Crippen molar-refractivity contribution in [2.75, 3.05) is 39.4 Å². The first-order valence-corrected chi connectivity index (χ1v) is 10.0. The molecular weight excluding hydrogens is 352 g/mol. The predicted molar refractivity (Wildman–Crippen MR) is 100 cm³/mol. The van der Waals surface area contributed by atoms with Crippen LogP contribution in [-0.4, -0.2) is 66.8 Å². The quantitative estimate of drug-likeness (QED) is 0.790. The minimum absolute atomic E-state index is 0.110. The molecular formula is C20H27ClN2O3. The fourth-order valence-corrected chi connectivity index (χ4v) is 4.54. The van der Waals surface area contributed by atoms with Gasteiger partial charge in [0.05, 0.1) is 11.7 Å². The standard InChI is InChI=1S/C20H27ClN2O3/c21-18-6-2-1-5-16(18)12-22-14-20(15-22)11-17(7-10-26-20)25-13-19(24)23-8-3-4-9-23/h1-2,5-6,17H,3-4,7-15H2/t17-/m1/s1. The van der Waals surface area contributed by atoms with Gasteiger partial charge in [-0.05, 0) is 30.9 Å². The third kappa shape index (κ3) is 4.06. The largest absolute Gasteiger partial charge is 0.372 e. The maximum atomic E-state index is 12.2. The Bertz CT molecular complexity index is 642. The fraction of sp³-hybridized carbons (Fsp3) is 0.650. The Hall–Kier alpha value is -1.14. The summed E-state index contributed by atoms with van der Waals surface area (Å²) in [4.78, 5) is 16.4. The third-order valence-corrected chi connectivity index (χ3v) is 6.09. The van der Waals surface area contributed by atoms with E-state index in [9.17, 15) is 4.79 Å². The number of carbonyl (C=O) groups excluding carboxylic acids is 1. The Balaban J connectivity index is 1.24. The number of rotatable bonds is 5. The van der Waals surface area contributed by atoms with Crippen molar-refractivity contribution >= 4 is 17.5 Å². The van der Waals surface area contributed by atoms with Crippen LogP contribution in [0.25, 0.3) is 0 Å². The molecule has 0 saturated carbocycles. The number of halogens is 1. The number of likely N-dealkylation sites (tertiary alicyclic amines) is 2. The number of ether oxygens (including phenoxy) is 2. The van der Waals surface area contributed by atoms with E-state index < -0.39 is 0 Å². The van der Waals surface area contributed by atoms with E-state index in [1.54, 1.807) is 0 Å². The normalized spacial score (nSPS) is 25.4. The lowest BCUT2D eigenvalue weighted by atomic mass is 9.84. The van der Waals surface area contributed by atoms with Crippen LogP contribution in [-0.2, 0) is 20.8 Å². The zero-order chi connectivity index (χ0) is 18.0. The first-order valence-electron chi connectivity index (χ1n) is 9.63. The van der Waals surface area contributed by atoms with Gasteiger partial charge in [-0.3, -0.25) is 9.69 Å². The van der Waals surface area contributed by atoms with Crippen LogP contribution in [0, 0.1) is 0 Å². The number of hydrogen-bond donors (Lipinski definition) is 0.